The molecule has 0 fully saturated rings. The number of hydrogen-bond donors (Lipinski definition) is 1. The average Bonchev–Trinajstić information content (AvgIpc) is 3.58. The van der Waals surface area contributed by atoms with Gasteiger partial charge in [-0.15, -0.1) is 0 Å². The lowest BCUT2D eigenvalue weighted by molar-refractivity contribution is 0.0916. The van der Waals surface area contributed by atoms with Crippen LogP contribution in [0.15, 0.2) is 77.2 Å². The summed E-state index contributed by atoms with van der Waals surface area (Å²) in [6.07, 6.45) is 1.13. The van der Waals surface area contributed by atoms with Crippen molar-refractivity contribution in [3.05, 3.63) is 95.6 Å². The topological polar surface area (TPSA) is 115 Å². The van der Waals surface area contributed by atoms with Gasteiger partial charge in [-0.3, -0.25) is 18.5 Å². The summed E-state index contributed by atoms with van der Waals surface area (Å²) in [6, 6.07) is 18.0. The van der Waals surface area contributed by atoms with Crippen LogP contribution in [0, 0.1) is 11.6 Å². The second kappa shape index (κ2) is 10.1. The van der Waals surface area contributed by atoms with Crippen molar-refractivity contribution < 1.29 is 31.2 Å². The quantitative estimate of drug-likeness (QED) is 0.251. The van der Waals surface area contributed by atoms with Gasteiger partial charge in [-0.05, 0) is 66.2 Å². The summed E-state index contributed by atoms with van der Waals surface area (Å²) in [4.78, 5) is 31.3. The molecule has 6 aromatic rings. The number of nitrogens with zero attached hydrogens (tertiary/aromatic N) is 3. The Labute approximate surface area is 255 Å². The Morgan fingerprint density at radius 2 is 1.73 bits per heavy atom. The van der Waals surface area contributed by atoms with Gasteiger partial charge in [0.2, 0.25) is 15.9 Å². The molecule has 1 aliphatic heterocycles. The number of rotatable bonds is 5. The van der Waals surface area contributed by atoms with Crippen LogP contribution in [0.3, 0.4) is 0 Å². The SMILES string of the molecule is CNC(=O)c1c(-c2ccc(F)cc2)oc2cc(N(C)S(C)(=O)=O)c(-c3ccc4c(n3)-c3cc5cc(F)ccc5n3C(=O)C4)cc12. The molecule has 3 aromatic heterocycles. The standard InChI is InChI=1S/C33H24F2N4O5S/c1-36-33(41)30-23-15-22(26(38(2)45(3,42)43)16-28(23)44-32(30)17-4-7-20(34)8-5-17)24-10-6-18-14-29(40)39-25-11-9-21(35)12-19(25)13-27(39)31(18)37-24/h4-13,15-16H,14H2,1-3H3,(H,36,41). The number of aromatic nitrogens is 2. The predicted octanol–water partition coefficient (Wildman–Crippen LogP) is 6.01. The molecule has 1 amide bonds. The minimum Gasteiger partial charge on any atom is -0.455 e. The molecule has 9 nitrogen and oxygen atoms in total. The number of benzene rings is 3. The van der Waals surface area contributed by atoms with Crippen LogP contribution < -0.4 is 9.62 Å². The van der Waals surface area contributed by atoms with Crippen LogP contribution in [0.2, 0.25) is 0 Å². The highest BCUT2D eigenvalue weighted by molar-refractivity contribution is 7.92. The summed E-state index contributed by atoms with van der Waals surface area (Å²) in [5.74, 6) is -1.36. The van der Waals surface area contributed by atoms with Crippen LogP contribution in [0.5, 0.6) is 0 Å². The second-order valence-corrected chi connectivity index (χ2v) is 12.8. The zero-order valence-electron chi connectivity index (χ0n) is 24.2. The minimum atomic E-state index is -3.77. The Hall–Kier alpha value is -5.36. The van der Waals surface area contributed by atoms with E-state index in [0.29, 0.717) is 50.1 Å². The highest BCUT2D eigenvalue weighted by atomic mass is 32.2. The third-order valence-electron chi connectivity index (χ3n) is 8.06. The Kier molecular flexibility index (Phi) is 6.37. The number of anilines is 1. The van der Waals surface area contributed by atoms with Crippen LogP contribution in [0.4, 0.5) is 14.5 Å². The Balaban J connectivity index is 1.50. The molecule has 226 valence electrons. The van der Waals surface area contributed by atoms with Crippen molar-refractivity contribution in [2.24, 2.45) is 0 Å². The molecule has 45 heavy (non-hydrogen) atoms. The second-order valence-electron chi connectivity index (χ2n) is 10.8. The molecule has 12 heteroatoms. The molecule has 0 radical (unpaired) electrons. The average molecular weight is 627 g/mol. The fourth-order valence-corrected chi connectivity index (χ4v) is 6.31. The number of sulfonamides is 1. The van der Waals surface area contributed by atoms with Gasteiger partial charge in [0.15, 0.2) is 0 Å². The lowest BCUT2D eigenvalue weighted by Gasteiger charge is -2.22. The van der Waals surface area contributed by atoms with Gasteiger partial charge in [-0.25, -0.2) is 22.2 Å². The van der Waals surface area contributed by atoms with Crippen molar-refractivity contribution in [2.45, 2.75) is 6.42 Å². The summed E-state index contributed by atoms with van der Waals surface area (Å²) < 4.78 is 62.1. The van der Waals surface area contributed by atoms with Crippen LogP contribution in [0.25, 0.3) is 55.8 Å². The van der Waals surface area contributed by atoms with Crippen molar-refractivity contribution in [1.29, 1.82) is 0 Å². The fourth-order valence-electron chi connectivity index (χ4n) is 5.81. The lowest BCUT2D eigenvalue weighted by atomic mass is 9.98. The summed E-state index contributed by atoms with van der Waals surface area (Å²) in [5.41, 5.74) is 4.01. The number of hydrogen-bond acceptors (Lipinski definition) is 6. The largest absolute Gasteiger partial charge is 0.455 e. The molecule has 7 rings (SSSR count). The van der Waals surface area contributed by atoms with Gasteiger partial charge in [0.25, 0.3) is 5.91 Å². The number of halogens is 2. The smallest absolute Gasteiger partial charge is 0.255 e. The number of pyridine rings is 1. The number of carbonyl (C=O) groups excluding carboxylic acids is 2. The van der Waals surface area contributed by atoms with Gasteiger partial charge >= 0.3 is 0 Å². The number of amides is 1. The van der Waals surface area contributed by atoms with E-state index >= 15 is 0 Å². The fraction of sp³-hybridized carbons (Fsp3) is 0.121. The predicted molar refractivity (Wildman–Crippen MR) is 167 cm³/mol. The molecule has 0 bridgehead atoms. The minimum absolute atomic E-state index is 0.0650. The molecule has 0 saturated carbocycles. The molecule has 0 unspecified atom stereocenters. The van der Waals surface area contributed by atoms with E-state index < -0.39 is 27.6 Å². The van der Waals surface area contributed by atoms with Crippen LogP contribution in [-0.2, 0) is 16.4 Å². The molecule has 0 atom stereocenters. The van der Waals surface area contributed by atoms with E-state index in [2.05, 4.69) is 5.32 Å². The molecular formula is C33H24F2N4O5S. The summed E-state index contributed by atoms with van der Waals surface area (Å²) in [5, 5.41) is 3.54. The van der Waals surface area contributed by atoms with E-state index in [0.717, 1.165) is 10.6 Å². The van der Waals surface area contributed by atoms with E-state index in [1.165, 1.54) is 61.1 Å². The first-order chi connectivity index (χ1) is 21.4. The van der Waals surface area contributed by atoms with Gasteiger partial charge in [-0.2, -0.15) is 0 Å². The van der Waals surface area contributed by atoms with Crippen LogP contribution in [-0.4, -0.2) is 50.1 Å². The van der Waals surface area contributed by atoms with Gasteiger partial charge in [0.05, 0.1) is 46.5 Å². The van der Waals surface area contributed by atoms with Gasteiger partial charge in [-0.1, -0.05) is 6.07 Å². The Bertz CT molecular complexity index is 2340. The van der Waals surface area contributed by atoms with Gasteiger partial charge in [0, 0.05) is 42.1 Å². The highest BCUT2D eigenvalue weighted by Crippen LogP contribution is 2.42. The molecule has 4 heterocycles. The number of furan rings is 1. The van der Waals surface area contributed by atoms with Gasteiger partial charge in [0.1, 0.15) is 23.0 Å². The maximum Gasteiger partial charge on any atom is 0.255 e. The number of carbonyl (C=O) groups is 2. The van der Waals surface area contributed by atoms with E-state index in [-0.39, 0.29) is 34.9 Å². The summed E-state index contributed by atoms with van der Waals surface area (Å²) >= 11 is 0. The number of nitrogens with one attached hydrogen (secondary N) is 1. The highest BCUT2D eigenvalue weighted by Gasteiger charge is 2.29. The Morgan fingerprint density at radius 3 is 2.44 bits per heavy atom. The van der Waals surface area contributed by atoms with Crippen molar-refractivity contribution in [3.63, 3.8) is 0 Å². The monoisotopic (exact) mass is 626 g/mol. The first-order valence-electron chi connectivity index (χ1n) is 13.8. The van der Waals surface area contributed by atoms with Crippen molar-refractivity contribution in [2.75, 3.05) is 24.7 Å². The van der Waals surface area contributed by atoms with E-state index in [9.17, 15) is 26.8 Å². The third-order valence-corrected chi connectivity index (χ3v) is 9.25. The van der Waals surface area contributed by atoms with E-state index in [1.807, 2.05) is 0 Å². The molecule has 0 saturated heterocycles. The molecule has 1 aliphatic rings. The third kappa shape index (κ3) is 4.56. The maximum absolute atomic E-state index is 14.1. The zero-order valence-corrected chi connectivity index (χ0v) is 25.0. The molecule has 3 aromatic carbocycles. The molecule has 0 aliphatic carbocycles. The lowest BCUT2D eigenvalue weighted by Crippen LogP contribution is -2.25. The zero-order chi connectivity index (χ0) is 31.8. The van der Waals surface area contributed by atoms with E-state index in [1.54, 1.807) is 30.3 Å². The first-order valence-corrected chi connectivity index (χ1v) is 15.7. The maximum atomic E-state index is 14.1. The Morgan fingerprint density at radius 1 is 1.00 bits per heavy atom. The summed E-state index contributed by atoms with van der Waals surface area (Å²) in [7, 11) is -0.905. The number of fused-ring (bicyclic) bond motifs is 6. The molecular weight excluding hydrogens is 602 g/mol. The normalized spacial score (nSPS) is 12.8. The van der Waals surface area contributed by atoms with Crippen LogP contribution >= 0.6 is 0 Å². The summed E-state index contributed by atoms with van der Waals surface area (Å²) in [6.45, 7) is 0. The van der Waals surface area contributed by atoms with Crippen molar-refractivity contribution >= 4 is 49.4 Å². The van der Waals surface area contributed by atoms with Crippen molar-refractivity contribution in [1.82, 2.24) is 14.9 Å². The van der Waals surface area contributed by atoms with Gasteiger partial charge < -0.3 is 9.73 Å². The molecule has 0 spiro atoms. The molecule has 1 N–H and O–H groups in total. The first kappa shape index (κ1) is 28.4. The van der Waals surface area contributed by atoms with E-state index in [4.69, 9.17) is 9.40 Å². The van der Waals surface area contributed by atoms with Crippen LogP contribution in [0.1, 0.15) is 20.7 Å². The van der Waals surface area contributed by atoms with Crippen molar-refractivity contribution in [3.8, 4) is 34.0 Å².